The highest BCUT2D eigenvalue weighted by atomic mass is 16.5. The van der Waals surface area contributed by atoms with Crippen molar-refractivity contribution < 1.29 is 14.3 Å². The van der Waals surface area contributed by atoms with Gasteiger partial charge >= 0.3 is 5.97 Å². The summed E-state index contributed by atoms with van der Waals surface area (Å²) in [5.41, 5.74) is 2.20. The minimum absolute atomic E-state index is 0.237. The van der Waals surface area contributed by atoms with Crippen molar-refractivity contribution in [2.24, 2.45) is 0 Å². The van der Waals surface area contributed by atoms with Gasteiger partial charge in [0.25, 0.3) is 5.91 Å². The number of carbonyl (C=O) groups is 2. The molecule has 8 heteroatoms. The Hall–Kier alpha value is -3.81. The molecule has 2 N–H and O–H groups in total. The van der Waals surface area contributed by atoms with Gasteiger partial charge in [-0.15, -0.1) is 0 Å². The molecule has 0 aliphatic heterocycles. The Morgan fingerprint density at radius 1 is 1.10 bits per heavy atom. The maximum atomic E-state index is 12.6. The smallest absolute Gasteiger partial charge is 0.338 e. The molecule has 0 saturated carbocycles. The van der Waals surface area contributed by atoms with Gasteiger partial charge in [-0.2, -0.15) is 0 Å². The molecule has 0 radical (unpaired) electrons. The zero-order chi connectivity index (χ0) is 20.6. The van der Waals surface area contributed by atoms with E-state index in [1.54, 1.807) is 56.6 Å². The summed E-state index contributed by atoms with van der Waals surface area (Å²) >= 11 is 0. The summed E-state index contributed by atoms with van der Waals surface area (Å²) in [6.45, 7) is 4.30. The molecule has 0 fully saturated rings. The molecule has 0 unspecified atom stereocenters. The molecule has 0 aliphatic rings. The van der Waals surface area contributed by atoms with Gasteiger partial charge in [0.15, 0.2) is 0 Å². The molecule has 29 heavy (non-hydrogen) atoms. The van der Waals surface area contributed by atoms with Crippen molar-refractivity contribution in [1.82, 2.24) is 15.0 Å². The van der Waals surface area contributed by atoms with E-state index in [0.717, 1.165) is 5.56 Å². The Labute approximate surface area is 168 Å². The number of ether oxygens (including phenoxy) is 1. The van der Waals surface area contributed by atoms with Crippen LogP contribution >= 0.6 is 0 Å². The van der Waals surface area contributed by atoms with Crippen LogP contribution in [0, 0.1) is 6.92 Å². The first-order chi connectivity index (χ1) is 14.0. The lowest BCUT2D eigenvalue weighted by molar-refractivity contribution is 0.0526. The lowest BCUT2D eigenvalue weighted by atomic mass is 10.2. The SMILES string of the molecule is CCOC(=O)c1ccc(NC(=O)c2cc(NCc3cccnc3)nc(C)n2)cc1. The van der Waals surface area contributed by atoms with Crippen molar-refractivity contribution in [2.75, 3.05) is 17.2 Å². The summed E-state index contributed by atoms with van der Waals surface area (Å²) < 4.78 is 4.95. The summed E-state index contributed by atoms with van der Waals surface area (Å²) in [6.07, 6.45) is 3.47. The third kappa shape index (κ3) is 5.58. The number of benzene rings is 1. The fraction of sp³-hybridized carbons (Fsp3) is 0.190. The van der Waals surface area contributed by atoms with Gasteiger partial charge in [0, 0.05) is 30.7 Å². The summed E-state index contributed by atoms with van der Waals surface area (Å²) in [6, 6.07) is 11.9. The van der Waals surface area contributed by atoms with Crippen LogP contribution in [0.1, 0.15) is 39.2 Å². The third-order valence-electron chi connectivity index (χ3n) is 3.92. The molecule has 0 bridgehead atoms. The third-order valence-corrected chi connectivity index (χ3v) is 3.92. The van der Waals surface area contributed by atoms with Crippen molar-refractivity contribution >= 4 is 23.4 Å². The highest BCUT2D eigenvalue weighted by molar-refractivity contribution is 6.03. The van der Waals surface area contributed by atoms with Crippen LogP contribution in [0.4, 0.5) is 11.5 Å². The van der Waals surface area contributed by atoms with Crippen LogP contribution in [0.15, 0.2) is 54.9 Å². The number of esters is 1. The maximum Gasteiger partial charge on any atom is 0.338 e. The van der Waals surface area contributed by atoms with Gasteiger partial charge in [-0.3, -0.25) is 9.78 Å². The second-order valence-corrected chi connectivity index (χ2v) is 6.15. The van der Waals surface area contributed by atoms with E-state index in [1.165, 1.54) is 0 Å². The molecule has 1 amide bonds. The van der Waals surface area contributed by atoms with Crippen LogP contribution in [0.5, 0.6) is 0 Å². The second-order valence-electron chi connectivity index (χ2n) is 6.15. The Morgan fingerprint density at radius 2 is 1.90 bits per heavy atom. The monoisotopic (exact) mass is 391 g/mol. The van der Waals surface area contributed by atoms with Crippen LogP contribution in [0.3, 0.4) is 0 Å². The van der Waals surface area contributed by atoms with Gasteiger partial charge in [-0.1, -0.05) is 6.07 Å². The molecule has 3 rings (SSSR count). The van der Waals surface area contributed by atoms with E-state index in [-0.39, 0.29) is 11.6 Å². The van der Waals surface area contributed by atoms with E-state index in [2.05, 4.69) is 25.6 Å². The standard InChI is InChI=1S/C21H21N5O3/c1-3-29-21(28)16-6-8-17(9-7-16)26-20(27)18-11-19(25-14(2)24-18)23-13-15-5-4-10-22-12-15/h4-12H,3,13H2,1-2H3,(H,26,27)(H,23,24,25). The van der Waals surface area contributed by atoms with E-state index < -0.39 is 5.97 Å². The summed E-state index contributed by atoms with van der Waals surface area (Å²) in [5.74, 6) is 0.248. The van der Waals surface area contributed by atoms with Gasteiger partial charge in [-0.25, -0.2) is 14.8 Å². The minimum atomic E-state index is -0.402. The quantitative estimate of drug-likeness (QED) is 0.596. The number of rotatable bonds is 7. The average molecular weight is 391 g/mol. The lowest BCUT2D eigenvalue weighted by Crippen LogP contribution is -2.16. The zero-order valence-electron chi connectivity index (χ0n) is 16.2. The molecule has 1 aromatic carbocycles. The number of pyridine rings is 1. The number of anilines is 2. The van der Waals surface area contributed by atoms with Crippen LogP contribution in [0.25, 0.3) is 0 Å². The van der Waals surface area contributed by atoms with Gasteiger partial charge in [0.1, 0.15) is 17.3 Å². The van der Waals surface area contributed by atoms with Crippen molar-refractivity contribution in [2.45, 2.75) is 20.4 Å². The molecule has 3 aromatic rings. The largest absolute Gasteiger partial charge is 0.462 e. The van der Waals surface area contributed by atoms with Crippen molar-refractivity contribution in [1.29, 1.82) is 0 Å². The molecule has 2 aromatic heterocycles. The average Bonchev–Trinajstić information content (AvgIpc) is 2.73. The molecule has 0 saturated heterocycles. The predicted molar refractivity (Wildman–Crippen MR) is 109 cm³/mol. The molecule has 8 nitrogen and oxygen atoms in total. The Kier molecular flexibility index (Phi) is 6.47. The van der Waals surface area contributed by atoms with E-state index in [0.29, 0.717) is 36.0 Å². The van der Waals surface area contributed by atoms with E-state index in [1.807, 2.05) is 12.1 Å². The summed E-state index contributed by atoms with van der Waals surface area (Å²) in [7, 11) is 0. The Balaban J connectivity index is 1.67. The number of hydrogen-bond acceptors (Lipinski definition) is 7. The number of aryl methyl sites for hydroxylation is 1. The first-order valence-corrected chi connectivity index (χ1v) is 9.12. The first kappa shape index (κ1) is 19.9. The van der Waals surface area contributed by atoms with Crippen LogP contribution < -0.4 is 10.6 Å². The van der Waals surface area contributed by atoms with Crippen molar-refractivity contribution in [3.8, 4) is 0 Å². The van der Waals surface area contributed by atoms with Gasteiger partial charge < -0.3 is 15.4 Å². The molecule has 0 atom stereocenters. The summed E-state index contributed by atoms with van der Waals surface area (Å²) in [4.78, 5) is 36.9. The summed E-state index contributed by atoms with van der Waals surface area (Å²) in [5, 5.41) is 5.94. The molecule has 2 heterocycles. The second kappa shape index (κ2) is 9.41. The predicted octanol–water partition coefficient (Wildman–Crippen LogP) is 3.22. The van der Waals surface area contributed by atoms with Crippen molar-refractivity contribution in [3.63, 3.8) is 0 Å². The van der Waals surface area contributed by atoms with E-state index >= 15 is 0 Å². The number of hydrogen-bond donors (Lipinski definition) is 2. The Bertz CT molecular complexity index is 991. The highest BCUT2D eigenvalue weighted by Gasteiger charge is 2.12. The number of nitrogens with one attached hydrogen (secondary N) is 2. The van der Waals surface area contributed by atoms with Crippen LogP contribution in [-0.4, -0.2) is 33.4 Å². The first-order valence-electron chi connectivity index (χ1n) is 9.12. The number of aromatic nitrogens is 3. The topological polar surface area (TPSA) is 106 Å². The molecule has 0 aliphatic carbocycles. The van der Waals surface area contributed by atoms with Gasteiger partial charge in [0.2, 0.25) is 0 Å². The number of amides is 1. The Morgan fingerprint density at radius 3 is 2.59 bits per heavy atom. The normalized spacial score (nSPS) is 10.3. The zero-order valence-corrected chi connectivity index (χ0v) is 16.2. The fourth-order valence-corrected chi connectivity index (χ4v) is 2.57. The van der Waals surface area contributed by atoms with E-state index in [9.17, 15) is 9.59 Å². The van der Waals surface area contributed by atoms with Gasteiger partial charge in [0.05, 0.1) is 12.2 Å². The van der Waals surface area contributed by atoms with Crippen LogP contribution in [-0.2, 0) is 11.3 Å². The van der Waals surface area contributed by atoms with Crippen LogP contribution in [0.2, 0.25) is 0 Å². The minimum Gasteiger partial charge on any atom is -0.462 e. The van der Waals surface area contributed by atoms with E-state index in [4.69, 9.17) is 4.74 Å². The lowest BCUT2D eigenvalue weighted by Gasteiger charge is -2.09. The van der Waals surface area contributed by atoms with Crippen molar-refractivity contribution in [3.05, 3.63) is 77.5 Å². The molecular weight excluding hydrogens is 370 g/mol. The maximum absolute atomic E-state index is 12.6. The highest BCUT2D eigenvalue weighted by Crippen LogP contribution is 2.14. The number of nitrogens with zero attached hydrogens (tertiary/aromatic N) is 3. The molecule has 148 valence electrons. The number of carbonyl (C=O) groups excluding carboxylic acids is 2. The molecule has 0 spiro atoms. The van der Waals surface area contributed by atoms with Gasteiger partial charge in [-0.05, 0) is 49.7 Å². The molecular formula is C21H21N5O3. The fourth-order valence-electron chi connectivity index (χ4n) is 2.57.